The van der Waals surface area contributed by atoms with E-state index < -0.39 is 16.9 Å². The lowest BCUT2D eigenvalue weighted by Crippen LogP contribution is -2.40. The standard InChI is InChI=1S/C24H22N4O6S/c1-4-34-23(30)20-14(2)26-24-27(21(20)15-7-5-10-18(11-15)33-3)22(29)19(35-24)13-25-16-8-6-9-17(12-16)28(31)32/h5-13,21,25H,4H2,1-3H3/b19-13-/t21-/m0/s1. The fraction of sp³-hybridized carbons (Fsp3) is 0.208. The number of hydrogen-bond donors (Lipinski definition) is 1. The number of esters is 1. The van der Waals surface area contributed by atoms with E-state index in [1.807, 2.05) is 6.07 Å². The Morgan fingerprint density at radius 1 is 1.29 bits per heavy atom. The van der Waals surface area contributed by atoms with Gasteiger partial charge in [0.1, 0.15) is 10.3 Å². The highest BCUT2D eigenvalue weighted by Gasteiger charge is 2.33. The van der Waals surface area contributed by atoms with Crippen molar-refractivity contribution in [3.05, 3.63) is 95.2 Å². The molecule has 3 aromatic rings. The second-order valence-electron chi connectivity index (χ2n) is 7.53. The number of aromatic nitrogens is 1. The number of nitrogens with zero attached hydrogens (tertiary/aromatic N) is 3. The maximum absolute atomic E-state index is 13.5. The van der Waals surface area contributed by atoms with Gasteiger partial charge in [-0.15, -0.1) is 0 Å². The molecule has 0 amide bonds. The second kappa shape index (κ2) is 9.94. The van der Waals surface area contributed by atoms with Crippen molar-refractivity contribution in [1.82, 2.24) is 4.57 Å². The first-order valence-electron chi connectivity index (χ1n) is 10.7. The van der Waals surface area contributed by atoms with Crippen molar-refractivity contribution >= 4 is 34.9 Å². The fourth-order valence-corrected chi connectivity index (χ4v) is 4.75. The van der Waals surface area contributed by atoms with Crippen LogP contribution in [0.25, 0.3) is 6.20 Å². The summed E-state index contributed by atoms with van der Waals surface area (Å²) in [7, 11) is 1.54. The van der Waals surface area contributed by atoms with Crippen LogP contribution in [0.15, 0.2) is 69.6 Å². The maximum atomic E-state index is 13.5. The zero-order chi connectivity index (χ0) is 25.1. The normalized spacial score (nSPS) is 15.3. The van der Waals surface area contributed by atoms with Crippen molar-refractivity contribution in [3.63, 3.8) is 0 Å². The summed E-state index contributed by atoms with van der Waals surface area (Å²) in [6, 6.07) is 12.3. The molecule has 0 saturated heterocycles. The monoisotopic (exact) mass is 494 g/mol. The minimum Gasteiger partial charge on any atom is -0.497 e. The molecule has 2 heterocycles. The molecule has 180 valence electrons. The van der Waals surface area contributed by atoms with Crippen LogP contribution in [0.2, 0.25) is 0 Å². The van der Waals surface area contributed by atoms with Gasteiger partial charge in [-0.05, 0) is 37.6 Å². The van der Waals surface area contributed by atoms with Crippen molar-refractivity contribution in [1.29, 1.82) is 0 Å². The highest BCUT2D eigenvalue weighted by molar-refractivity contribution is 7.07. The number of fused-ring (bicyclic) bond motifs is 1. The van der Waals surface area contributed by atoms with Gasteiger partial charge in [0.15, 0.2) is 4.80 Å². The van der Waals surface area contributed by atoms with E-state index in [4.69, 9.17) is 9.47 Å². The molecule has 1 aromatic heterocycles. The lowest BCUT2D eigenvalue weighted by Gasteiger charge is -2.24. The van der Waals surface area contributed by atoms with Crippen LogP contribution in [0.4, 0.5) is 11.4 Å². The van der Waals surface area contributed by atoms with Crippen LogP contribution >= 0.6 is 11.3 Å². The summed E-state index contributed by atoms with van der Waals surface area (Å²) in [4.78, 5) is 41.9. The third-order valence-corrected chi connectivity index (χ3v) is 6.34. The number of carbonyl (C=O) groups is 1. The fourth-order valence-electron chi connectivity index (χ4n) is 3.78. The molecule has 0 radical (unpaired) electrons. The molecule has 1 aliphatic heterocycles. The molecule has 0 unspecified atom stereocenters. The highest BCUT2D eigenvalue weighted by Crippen LogP contribution is 2.32. The van der Waals surface area contributed by atoms with Crippen LogP contribution in [0.3, 0.4) is 0 Å². The molecule has 1 N–H and O–H groups in total. The van der Waals surface area contributed by atoms with Crippen molar-refractivity contribution < 1.29 is 19.2 Å². The number of methoxy groups -OCH3 is 1. The summed E-state index contributed by atoms with van der Waals surface area (Å²) in [6.45, 7) is 3.60. The number of benzene rings is 2. The number of anilines is 1. The van der Waals surface area contributed by atoms with E-state index in [2.05, 4.69) is 10.3 Å². The average Bonchev–Trinajstić information content (AvgIpc) is 3.16. The number of non-ortho nitro benzene ring substituents is 1. The first-order chi connectivity index (χ1) is 16.8. The van der Waals surface area contributed by atoms with Gasteiger partial charge in [-0.2, -0.15) is 0 Å². The lowest BCUT2D eigenvalue weighted by molar-refractivity contribution is -0.384. The molecular formula is C24H22N4O6S. The van der Waals surface area contributed by atoms with E-state index in [1.54, 1.807) is 44.2 Å². The Morgan fingerprint density at radius 3 is 2.77 bits per heavy atom. The van der Waals surface area contributed by atoms with Gasteiger partial charge in [0.25, 0.3) is 11.2 Å². The van der Waals surface area contributed by atoms with Crippen molar-refractivity contribution in [2.75, 3.05) is 19.0 Å². The number of thiazole rings is 1. The summed E-state index contributed by atoms with van der Waals surface area (Å²) in [5, 5.41) is 14.0. The van der Waals surface area contributed by atoms with Crippen LogP contribution in [-0.4, -0.2) is 29.2 Å². The summed E-state index contributed by atoms with van der Waals surface area (Å²) >= 11 is 1.15. The number of carbonyl (C=O) groups excluding carboxylic acids is 1. The van der Waals surface area contributed by atoms with E-state index >= 15 is 0 Å². The minimum atomic E-state index is -0.764. The largest absolute Gasteiger partial charge is 0.497 e. The third kappa shape index (κ3) is 4.71. The summed E-state index contributed by atoms with van der Waals surface area (Å²) < 4.78 is 12.4. The van der Waals surface area contributed by atoms with Gasteiger partial charge < -0.3 is 14.8 Å². The minimum absolute atomic E-state index is 0.0717. The number of nitrogens with one attached hydrogen (secondary N) is 1. The Morgan fingerprint density at radius 2 is 2.06 bits per heavy atom. The number of nitro groups is 1. The molecule has 1 aliphatic rings. The Hall–Kier alpha value is -4.25. The summed E-state index contributed by atoms with van der Waals surface area (Å²) in [5.74, 6) is 0.0281. The van der Waals surface area contributed by atoms with E-state index in [0.717, 1.165) is 11.3 Å². The number of allylic oxidation sites excluding steroid dienone is 1. The van der Waals surface area contributed by atoms with Crippen LogP contribution in [-0.2, 0) is 9.53 Å². The van der Waals surface area contributed by atoms with Gasteiger partial charge in [0, 0.05) is 24.0 Å². The average molecular weight is 495 g/mol. The molecule has 10 nitrogen and oxygen atoms in total. The third-order valence-electron chi connectivity index (χ3n) is 5.35. The van der Waals surface area contributed by atoms with E-state index in [-0.39, 0.29) is 23.4 Å². The van der Waals surface area contributed by atoms with Gasteiger partial charge >= 0.3 is 5.97 Å². The van der Waals surface area contributed by atoms with Gasteiger partial charge in [-0.1, -0.05) is 29.5 Å². The highest BCUT2D eigenvalue weighted by atomic mass is 32.1. The predicted octanol–water partition coefficient (Wildman–Crippen LogP) is 2.74. The van der Waals surface area contributed by atoms with E-state index in [1.165, 1.54) is 30.0 Å². The molecule has 1 atom stereocenters. The number of rotatable bonds is 7. The van der Waals surface area contributed by atoms with E-state index in [9.17, 15) is 19.7 Å². The van der Waals surface area contributed by atoms with Crippen molar-refractivity contribution in [3.8, 4) is 5.75 Å². The summed E-state index contributed by atoms with van der Waals surface area (Å²) in [5.41, 5.74) is 1.41. The van der Waals surface area contributed by atoms with Gasteiger partial charge in [-0.25, -0.2) is 9.79 Å². The smallest absolute Gasteiger partial charge is 0.338 e. The molecule has 4 rings (SSSR count). The van der Waals surface area contributed by atoms with Gasteiger partial charge in [0.2, 0.25) is 0 Å². The second-order valence-corrected chi connectivity index (χ2v) is 8.54. The predicted molar refractivity (Wildman–Crippen MR) is 131 cm³/mol. The topological polar surface area (TPSA) is 125 Å². The number of ether oxygens (including phenoxy) is 2. The van der Waals surface area contributed by atoms with Gasteiger partial charge in [-0.3, -0.25) is 19.5 Å². The van der Waals surface area contributed by atoms with Crippen molar-refractivity contribution in [2.24, 2.45) is 4.99 Å². The zero-order valence-corrected chi connectivity index (χ0v) is 20.0. The quantitative estimate of drug-likeness (QED) is 0.304. The van der Waals surface area contributed by atoms with Crippen molar-refractivity contribution in [2.45, 2.75) is 19.9 Å². The van der Waals surface area contributed by atoms with Gasteiger partial charge in [0.05, 0.1) is 36.0 Å². The van der Waals surface area contributed by atoms with Crippen LogP contribution in [0.5, 0.6) is 5.75 Å². The van der Waals surface area contributed by atoms with Crippen LogP contribution in [0, 0.1) is 10.1 Å². The first-order valence-corrected chi connectivity index (χ1v) is 11.5. The zero-order valence-electron chi connectivity index (χ0n) is 19.2. The number of hydrogen-bond acceptors (Lipinski definition) is 9. The Balaban J connectivity index is 1.85. The first kappa shape index (κ1) is 23.9. The Bertz CT molecular complexity index is 1520. The molecule has 0 fully saturated rings. The molecule has 0 saturated carbocycles. The number of nitro benzene ring substituents is 1. The SMILES string of the molecule is CCOC(=O)C1=C(C)N=c2s/c(=C\Nc3cccc([N+](=O)[O-])c3)c(=O)n2[C@H]1c1cccc(OC)c1. The molecule has 11 heteroatoms. The molecule has 0 bridgehead atoms. The molecule has 2 aromatic carbocycles. The molecular weight excluding hydrogens is 472 g/mol. The lowest BCUT2D eigenvalue weighted by atomic mass is 9.95. The maximum Gasteiger partial charge on any atom is 0.338 e. The summed E-state index contributed by atoms with van der Waals surface area (Å²) in [6.07, 6.45) is 1.48. The molecule has 35 heavy (non-hydrogen) atoms. The molecule has 0 aliphatic carbocycles. The Kier molecular flexibility index (Phi) is 6.78. The Labute approximate surface area is 203 Å². The molecule has 0 spiro atoms. The van der Waals surface area contributed by atoms with Crippen LogP contribution < -0.4 is 24.9 Å². The van der Waals surface area contributed by atoms with Crippen LogP contribution in [0.1, 0.15) is 25.5 Å². The van der Waals surface area contributed by atoms with E-state index in [0.29, 0.717) is 32.0 Å².